The molecule has 0 spiro atoms. The molecule has 2 aromatic rings. The maximum atomic E-state index is 12.6. The van der Waals surface area contributed by atoms with Crippen LogP contribution in [0, 0.1) is 0 Å². The molecule has 0 radical (unpaired) electrons. The molecular weight excluding hydrogens is 352 g/mol. The lowest BCUT2D eigenvalue weighted by atomic mass is 10.1. The Morgan fingerprint density at radius 3 is 2.29 bits per heavy atom. The average molecular weight is 380 g/mol. The number of carbonyl (C=O) groups excluding carboxylic acids is 2. The van der Waals surface area contributed by atoms with E-state index >= 15 is 0 Å². The summed E-state index contributed by atoms with van der Waals surface area (Å²) in [7, 11) is 3.93. The van der Waals surface area contributed by atoms with E-state index in [0.29, 0.717) is 11.3 Å². The fraction of sp³-hybridized carbons (Fsp3) is 0.409. The molecule has 6 nitrogen and oxygen atoms in total. The number of carbonyl (C=O) groups is 2. The van der Waals surface area contributed by atoms with E-state index in [4.69, 9.17) is 0 Å². The maximum Gasteiger partial charge on any atom is 0.270 e. The molecule has 0 saturated heterocycles. The van der Waals surface area contributed by atoms with E-state index in [1.807, 2.05) is 43.3 Å². The van der Waals surface area contributed by atoms with Crippen molar-refractivity contribution in [1.82, 2.24) is 10.3 Å². The van der Waals surface area contributed by atoms with E-state index in [2.05, 4.69) is 15.6 Å². The number of nitrogens with one attached hydrogen (secondary N) is 2. The Morgan fingerprint density at radius 1 is 0.964 bits per heavy atom. The van der Waals surface area contributed by atoms with Gasteiger partial charge in [0.1, 0.15) is 5.69 Å². The van der Waals surface area contributed by atoms with Crippen molar-refractivity contribution in [3.05, 3.63) is 53.9 Å². The monoisotopic (exact) mass is 380 g/mol. The largest absolute Gasteiger partial charge is 0.378 e. The second-order valence-electron chi connectivity index (χ2n) is 7.49. The third kappa shape index (κ3) is 5.31. The molecule has 1 saturated carbocycles. The molecule has 1 aromatic heterocycles. The van der Waals surface area contributed by atoms with Crippen LogP contribution in [0.4, 0.5) is 11.4 Å². The lowest BCUT2D eigenvalue weighted by molar-refractivity contribution is 0.0928. The van der Waals surface area contributed by atoms with Gasteiger partial charge in [0.25, 0.3) is 11.8 Å². The lowest BCUT2D eigenvalue weighted by Crippen LogP contribution is -2.35. The Hall–Kier alpha value is -2.89. The zero-order valence-corrected chi connectivity index (χ0v) is 16.6. The van der Waals surface area contributed by atoms with Gasteiger partial charge in [0.05, 0.1) is 0 Å². The summed E-state index contributed by atoms with van der Waals surface area (Å²) in [5.41, 5.74) is 2.45. The Labute approximate surface area is 166 Å². The molecule has 2 N–H and O–H groups in total. The summed E-state index contributed by atoms with van der Waals surface area (Å²) in [5.74, 6) is -0.472. The summed E-state index contributed by atoms with van der Waals surface area (Å²) in [6.45, 7) is 0. The molecule has 1 fully saturated rings. The third-order valence-corrected chi connectivity index (χ3v) is 5.09. The van der Waals surface area contributed by atoms with Crippen LogP contribution in [0.1, 0.15) is 59.4 Å². The van der Waals surface area contributed by atoms with Gasteiger partial charge < -0.3 is 15.5 Å². The van der Waals surface area contributed by atoms with E-state index in [1.54, 1.807) is 12.1 Å². The van der Waals surface area contributed by atoms with Crippen LogP contribution < -0.4 is 15.5 Å². The molecule has 2 amide bonds. The SMILES string of the molecule is CN(C)c1ccc(NC(=O)c2ccnc(C(=O)NC3CCCCCC3)c2)cc1. The van der Waals surface area contributed by atoms with Gasteiger partial charge >= 0.3 is 0 Å². The summed E-state index contributed by atoms with van der Waals surface area (Å²) in [5, 5.41) is 5.93. The van der Waals surface area contributed by atoms with E-state index in [0.717, 1.165) is 31.4 Å². The van der Waals surface area contributed by atoms with Crippen LogP contribution in [0.2, 0.25) is 0 Å². The second-order valence-corrected chi connectivity index (χ2v) is 7.49. The zero-order valence-electron chi connectivity index (χ0n) is 16.6. The second kappa shape index (κ2) is 9.35. The van der Waals surface area contributed by atoms with Gasteiger partial charge in [0, 0.05) is 43.3 Å². The molecule has 1 aromatic carbocycles. The summed E-state index contributed by atoms with van der Waals surface area (Å²) in [6.07, 6.45) is 8.28. The van der Waals surface area contributed by atoms with Crippen molar-refractivity contribution in [3.63, 3.8) is 0 Å². The number of hydrogen-bond acceptors (Lipinski definition) is 4. The smallest absolute Gasteiger partial charge is 0.270 e. The number of anilines is 2. The summed E-state index contributed by atoms with van der Waals surface area (Å²) in [6, 6.07) is 11.0. The van der Waals surface area contributed by atoms with E-state index in [1.165, 1.54) is 19.0 Å². The van der Waals surface area contributed by atoms with Crippen molar-refractivity contribution in [1.29, 1.82) is 0 Å². The Kier molecular flexibility index (Phi) is 6.63. The highest BCUT2D eigenvalue weighted by Crippen LogP contribution is 2.18. The van der Waals surface area contributed by atoms with E-state index < -0.39 is 0 Å². The number of aromatic nitrogens is 1. The van der Waals surface area contributed by atoms with Crippen molar-refractivity contribution < 1.29 is 9.59 Å². The molecule has 0 bridgehead atoms. The highest BCUT2D eigenvalue weighted by atomic mass is 16.2. The molecule has 6 heteroatoms. The molecule has 148 valence electrons. The number of benzene rings is 1. The highest BCUT2D eigenvalue weighted by molar-refractivity contribution is 6.05. The van der Waals surface area contributed by atoms with Crippen LogP contribution in [0.5, 0.6) is 0 Å². The number of nitrogens with zero attached hydrogens (tertiary/aromatic N) is 2. The van der Waals surface area contributed by atoms with Gasteiger partial charge in [-0.25, -0.2) is 0 Å². The van der Waals surface area contributed by atoms with Gasteiger partial charge in [-0.1, -0.05) is 25.7 Å². The van der Waals surface area contributed by atoms with Crippen molar-refractivity contribution in [2.75, 3.05) is 24.3 Å². The standard InChI is InChI=1S/C22H28N4O2/c1-26(2)19-11-9-18(10-12-19)24-21(27)16-13-14-23-20(15-16)22(28)25-17-7-5-3-4-6-8-17/h9-15,17H,3-8H2,1-2H3,(H,24,27)(H,25,28). The maximum absolute atomic E-state index is 12.6. The van der Waals surface area contributed by atoms with Gasteiger partial charge in [-0.15, -0.1) is 0 Å². The topological polar surface area (TPSA) is 74.3 Å². The fourth-order valence-electron chi connectivity index (χ4n) is 3.43. The number of rotatable bonds is 5. The fourth-order valence-corrected chi connectivity index (χ4v) is 3.43. The van der Waals surface area contributed by atoms with Crippen LogP contribution in [-0.2, 0) is 0 Å². The van der Waals surface area contributed by atoms with Crippen LogP contribution in [-0.4, -0.2) is 36.9 Å². The minimum atomic E-state index is -0.261. The van der Waals surface area contributed by atoms with Crippen LogP contribution in [0.25, 0.3) is 0 Å². The van der Waals surface area contributed by atoms with Gasteiger partial charge in [0.2, 0.25) is 0 Å². The molecular formula is C22H28N4O2. The van der Waals surface area contributed by atoms with Gasteiger partial charge in [-0.2, -0.15) is 0 Å². The highest BCUT2D eigenvalue weighted by Gasteiger charge is 2.17. The molecule has 3 rings (SSSR count). The number of amides is 2. The van der Waals surface area contributed by atoms with Crippen LogP contribution in [0.15, 0.2) is 42.6 Å². The van der Waals surface area contributed by atoms with E-state index in [-0.39, 0.29) is 23.6 Å². The van der Waals surface area contributed by atoms with Crippen molar-refractivity contribution in [2.45, 2.75) is 44.6 Å². The average Bonchev–Trinajstić information content (AvgIpc) is 2.97. The van der Waals surface area contributed by atoms with Gasteiger partial charge in [-0.3, -0.25) is 14.6 Å². The quantitative estimate of drug-likeness (QED) is 0.773. The van der Waals surface area contributed by atoms with Gasteiger partial charge in [-0.05, 0) is 49.2 Å². The predicted molar refractivity (Wildman–Crippen MR) is 112 cm³/mol. The normalized spacial score (nSPS) is 14.8. The predicted octanol–water partition coefficient (Wildman–Crippen LogP) is 3.85. The molecule has 0 aliphatic heterocycles. The van der Waals surface area contributed by atoms with Gasteiger partial charge in [0.15, 0.2) is 0 Å². The molecule has 0 atom stereocenters. The summed E-state index contributed by atoms with van der Waals surface area (Å²) < 4.78 is 0. The van der Waals surface area contributed by atoms with Crippen molar-refractivity contribution >= 4 is 23.2 Å². The van der Waals surface area contributed by atoms with Crippen LogP contribution in [0.3, 0.4) is 0 Å². The van der Waals surface area contributed by atoms with Crippen LogP contribution >= 0.6 is 0 Å². The summed E-state index contributed by atoms with van der Waals surface area (Å²) >= 11 is 0. The minimum absolute atomic E-state index is 0.199. The first-order valence-corrected chi connectivity index (χ1v) is 9.88. The number of pyridine rings is 1. The molecule has 1 aliphatic carbocycles. The molecule has 0 unspecified atom stereocenters. The Bertz CT molecular complexity index is 810. The third-order valence-electron chi connectivity index (χ3n) is 5.09. The lowest BCUT2D eigenvalue weighted by Gasteiger charge is -2.16. The first-order valence-electron chi connectivity index (χ1n) is 9.88. The molecule has 1 heterocycles. The minimum Gasteiger partial charge on any atom is -0.378 e. The first-order chi connectivity index (χ1) is 13.5. The Morgan fingerprint density at radius 2 is 1.64 bits per heavy atom. The molecule has 28 heavy (non-hydrogen) atoms. The first kappa shape index (κ1) is 19.9. The molecule has 1 aliphatic rings. The van der Waals surface area contributed by atoms with Crippen molar-refractivity contribution in [2.24, 2.45) is 0 Å². The van der Waals surface area contributed by atoms with Crippen molar-refractivity contribution in [3.8, 4) is 0 Å². The number of hydrogen-bond donors (Lipinski definition) is 2. The summed E-state index contributed by atoms with van der Waals surface area (Å²) in [4.78, 5) is 31.3. The Balaban J connectivity index is 1.64. The van der Waals surface area contributed by atoms with E-state index in [9.17, 15) is 9.59 Å². The zero-order chi connectivity index (χ0) is 19.9.